The smallest absolute Gasteiger partial charge is 0.342 e. The monoisotopic (exact) mass is 383 g/mol. The van der Waals surface area contributed by atoms with Crippen LogP contribution in [0.25, 0.3) is 0 Å². The average molecular weight is 383 g/mol. The van der Waals surface area contributed by atoms with E-state index < -0.39 is 17.5 Å². The summed E-state index contributed by atoms with van der Waals surface area (Å²) in [5.74, 6) is -1.44. The predicted molar refractivity (Wildman–Crippen MR) is 107 cm³/mol. The number of hydrogen-bond acceptors (Lipinski definition) is 5. The third-order valence-corrected chi connectivity index (χ3v) is 4.22. The van der Waals surface area contributed by atoms with E-state index in [9.17, 15) is 19.5 Å². The zero-order valence-corrected chi connectivity index (χ0v) is 16.7. The quantitative estimate of drug-likeness (QED) is 0.599. The molecule has 2 aromatic rings. The second-order valence-electron chi connectivity index (χ2n) is 7.66. The number of hydrogen-bond donors (Lipinski definition) is 2. The Hall–Kier alpha value is -3.15. The van der Waals surface area contributed by atoms with Gasteiger partial charge in [-0.25, -0.2) is 4.79 Å². The van der Waals surface area contributed by atoms with Crippen LogP contribution in [0, 0.1) is 12.3 Å². The first-order chi connectivity index (χ1) is 13.0. The van der Waals surface area contributed by atoms with Crippen LogP contribution >= 0.6 is 0 Å². The highest BCUT2D eigenvalue weighted by atomic mass is 16.5. The Morgan fingerprint density at radius 1 is 1.04 bits per heavy atom. The molecule has 6 heteroatoms. The number of rotatable bonds is 5. The molecule has 0 aliphatic carbocycles. The first-order valence-electron chi connectivity index (χ1n) is 8.96. The molecule has 28 heavy (non-hydrogen) atoms. The molecule has 2 aromatic carbocycles. The Kier molecular flexibility index (Phi) is 6.23. The van der Waals surface area contributed by atoms with Crippen LogP contribution in [-0.4, -0.2) is 28.9 Å². The number of aryl methyl sites for hydroxylation is 1. The van der Waals surface area contributed by atoms with Crippen molar-refractivity contribution in [2.24, 2.45) is 5.41 Å². The van der Waals surface area contributed by atoms with Gasteiger partial charge >= 0.3 is 5.97 Å². The molecule has 0 heterocycles. The van der Waals surface area contributed by atoms with E-state index >= 15 is 0 Å². The minimum Gasteiger partial charge on any atom is -0.507 e. The number of nitrogens with one attached hydrogen (secondary N) is 1. The van der Waals surface area contributed by atoms with Crippen molar-refractivity contribution in [1.29, 1.82) is 0 Å². The standard InChI is InChI=1S/C22H25NO5/c1-13-7-6-8-17(18(13)24)20(26)28-14(2)19(25)15-9-11-16(12-10-15)23-21(27)22(3,4)5/h6-12,14,24H,1-5H3,(H,23,27)/t14-/m0/s1. The van der Waals surface area contributed by atoms with Gasteiger partial charge in [-0.15, -0.1) is 0 Å². The third kappa shape index (κ3) is 4.97. The molecular weight excluding hydrogens is 358 g/mol. The van der Waals surface area contributed by atoms with E-state index in [2.05, 4.69) is 5.32 Å². The molecule has 0 saturated heterocycles. The summed E-state index contributed by atoms with van der Waals surface area (Å²) in [6.07, 6.45) is -1.03. The minimum atomic E-state index is -1.03. The number of phenolic OH excluding ortho intramolecular Hbond substituents is 1. The van der Waals surface area contributed by atoms with Gasteiger partial charge in [0.1, 0.15) is 11.3 Å². The summed E-state index contributed by atoms with van der Waals surface area (Å²) in [5.41, 5.74) is 0.952. The van der Waals surface area contributed by atoms with Gasteiger partial charge in [-0.05, 0) is 49.7 Å². The Bertz CT molecular complexity index is 894. The van der Waals surface area contributed by atoms with Gasteiger partial charge in [0.15, 0.2) is 6.10 Å². The van der Waals surface area contributed by atoms with E-state index in [0.717, 1.165) is 0 Å². The lowest BCUT2D eigenvalue weighted by Gasteiger charge is -2.18. The van der Waals surface area contributed by atoms with Crippen LogP contribution in [-0.2, 0) is 9.53 Å². The molecule has 2 rings (SSSR count). The number of aromatic hydroxyl groups is 1. The fourth-order valence-electron chi connectivity index (χ4n) is 2.37. The van der Waals surface area contributed by atoms with E-state index in [1.165, 1.54) is 13.0 Å². The lowest BCUT2D eigenvalue weighted by Crippen LogP contribution is -2.27. The Labute approximate surface area is 164 Å². The number of carbonyl (C=O) groups excluding carboxylic acids is 3. The second-order valence-corrected chi connectivity index (χ2v) is 7.66. The molecular formula is C22H25NO5. The van der Waals surface area contributed by atoms with Crippen LogP contribution in [0.1, 0.15) is 54.0 Å². The number of carbonyl (C=O) groups is 3. The van der Waals surface area contributed by atoms with Gasteiger partial charge in [0, 0.05) is 16.7 Å². The van der Waals surface area contributed by atoms with Crippen molar-refractivity contribution < 1.29 is 24.2 Å². The molecule has 0 aromatic heterocycles. The Balaban J connectivity index is 2.06. The van der Waals surface area contributed by atoms with Gasteiger partial charge in [0.05, 0.1) is 0 Å². The van der Waals surface area contributed by atoms with Crippen molar-refractivity contribution in [1.82, 2.24) is 0 Å². The summed E-state index contributed by atoms with van der Waals surface area (Å²) in [4.78, 5) is 36.8. The molecule has 0 fully saturated rings. The number of ketones is 1. The topological polar surface area (TPSA) is 92.7 Å². The Morgan fingerprint density at radius 2 is 1.64 bits per heavy atom. The normalized spacial score (nSPS) is 12.2. The first-order valence-corrected chi connectivity index (χ1v) is 8.96. The largest absolute Gasteiger partial charge is 0.507 e. The van der Waals surface area contributed by atoms with E-state index in [0.29, 0.717) is 16.8 Å². The molecule has 0 bridgehead atoms. The highest BCUT2D eigenvalue weighted by Crippen LogP contribution is 2.23. The van der Waals surface area contributed by atoms with E-state index in [1.807, 2.05) is 20.8 Å². The molecule has 0 unspecified atom stereocenters. The maximum absolute atomic E-state index is 12.5. The van der Waals surface area contributed by atoms with Crippen LogP contribution in [0.4, 0.5) is 5.69 Å². The van der Waals surface area contributed by atoms with E-state index in [-0.39, 0.29) is 23.0 Å². The van der Waals surface area contributed by atoms with Crippen LogP contribution in [0.15, 0.2) is 42.5 Å². The number of anilines is 1. The molecule has 0 spiro atoms. The highest BCUT2D eigenvalue weighted by molar-refractivity contribution is 6.02. The second kappa shape index (κ2) is 8.25. The lowest BCUT2D eigenvalue weighted by atomic mass is 9.95. The SMILES string of the molecule is Cc1cccc(C(=O)O[C@@H](C)C(=O)c2ccc(NC(=O)C(C)(C)C)cc2)c1O. The van der Waals surface area contributed by atoms with Crippen LogP contribution in [0.2, 0.25) is 0 Å². The zero-order chi connectivity index (χ0) is 21.1. The summed E-state index contributed by atoms with van der Waals surface area (Å²) in [6.45, 7) is 8.57. The summed E-state index contributed by atoms with van der Waals surface area (Å²) in [7, 11) is 0. The van der Waals surface area contributed by atoms with Crippen molar-refractivity contribution >= 4 is 23.3 Å². The summed E-state index contributed by atoms with van der Waals surface area (Å²) in [6, 6.07) is 11.1. The molecule has 0 saturated carbocycles. The first kappa shape index (κ1) is 21.2. The van der Waals surface area contributed by atoms with Crippen LogP contribution in [0.3, 0.4) is 0 Å². The third-order valence-electron chi connectivity index (χ3n) is 4.22. The van der Waals surface area contributed by atoms with Crippen LogP contribution in [0.5, 0.6) is 5.75 Å². The predicted octanol–water partition coefficient (Wildman–Crippen LogP) is 4.11. The van der Waals surface area contributed by atoms with Crippen molar-refractivity contribution in [2.45, 2.75) is 40.7 Å². The van der Waals surface area contributed by atoms with Crippen molar-refractivity contribution in [3.05, 3.63) is 59.2 Å². The maximum Gasteiger partial charge on any atom is 0.342 e. The minimum absolute atomic E-state index is 0.0138. The van der Waals surface area contributed by atoms with E-state index in [1.54, 1.807) is 43.3 Å². The van der Waals surface area contributed by atoms with Crippen molar-refractivity contribution in [3.63, 3.8) is 0 Å². The van der Waals surface area contributed by atoms with Gasteiger partial charge in [0.25, 0.3) is 0 Å². The van der Waals surface area contributed by atoms with Crippen LogP contribution < -0.4 is 5.32 Å². The molecule has 2 N–H and O–H groups in total. The fourth-order valence-corrected chi connectivity index (χ4v) is 2.37. The van der Waals surface area contributed by atoms with Gasteiger partial charge in [-0.3, -0.25) is 9.59 Å². The summed E-state index contributed by atoms with van der Waals surface area (Å²) >= 11 is 0. The number of ether oxygens (including phenoxy) is 1. The molecule has 1 atom stereocenters. The highest BCUT2D eigenvalue weighted by Gasteiger charge is 2.23. The lowest BCUT2D eigenvalue weighted by molar-refractivity contribution is -0.123. The number of phenols is 1. The number of Topliss-reactive ketones (excluding diaryl/α,β-unsaturated/α-hetero) is 1. The average Bonchev–Trinajstić information content (AvgIpc) is 2.63. The van der Waals surface area contributed by atoms with Gasteiger partial charge in [-0.1, -0.05) is 32.9 Å². The molecule has 0 aliphatic rings. The molecule has 148 valence electrons. The maximum atomic E-state index is 12.5. The van der Waals surface area contributed by atoms with Gasteiger partial charge in [0.2, 0.25) is 11.7 Å². The van der Waals surface area contributed by atoms with E-state index in [4.69, 9.17) is 4.74 Å². The number of benzene rings is 2. The Morgan fingerprint density at radius 3 is 2.21 bits per heavy atom. The van der Waals surface area contributed by atoms with Gasteiger partial charge < -0.3 is 15.2 Å². The molecule has 1 amide bonds. The number of para-hydroxylation sites is 1. The van der Waals surface area contributed by atoms with Crippen molar-refractivity contribution in [2.75, 3.05) is 5.32 Å². The summed E-state index contributed by atoms with van der Waals surface area (Å²) < 4.78 is 5.21. The number of amides is 1. The molecule has 6 nitrogen and oxygen atoms in total. The fraction of sp³-hybridized carbons (Fsp3) is 0.318. The number of esters is 1. The molecule has 0 radical (unpaired) electrons. The molecule has 0 aliphatic heterocycles. The van der Waals surface area contributed by atoms with Crippen molar-refractivity contribution in [3.8, 4) is 5.75 Å². The van der Waals surface area contributed by atoms with Gasteiger partial charge in [-0.2, -0.15) is 0 Å². The summed E-state index contributed by atoms with van der Waals surface area (Å²) in [5, 5.41) is 12.8. The zero-order valence-electron chi connectivity index (χ0n) is 16.7.